The average Bonchev–Trinajstić information content (AvgIpc) is 2.01. The van der Waals surface area contributed by atoms with Crippen LogP contribution in [0.2, 0.25) is 0 Å². The molecule has 0 aliphatic carbocycles. The number of hydrogen-bond acceptors (Lipinski definition) is 2. The highest BCUT2D eigenvalue weighted by Crippen LogP contribution is 2.35. The zero-order valence-electron chi connectivity index (χ0n) is 10.6. The fraction of sp³-hybridized carbons (Fsp3) is 1.00. The van der Waals surface area contributed by atoms with Crippen LogP contribution in [-0.4, -0.2) is 34.5 Å². The summed E-state index contributed by atoms with van der Waals surface area (Å²) in [6, 6.07) is 0. The van der Waals surface area contributed by atoms with Crippen LogP contribution in [-0.2, 0) is 0 Å². The van der Waals surface area contributed by atoms with E-state index in [1.807, 2.05) is 0 Å². The van der Waals surface area contributed by atoms with Crippen molar-refractivity contribution in [1.29, 1.82) is 0 Å². The summed E-state index contributed by atoms with van der Waals surface area (Å²) in [5.41, 5.74) is 0.777. The molecule has 84 valence electrons. The van der Waals surface area contributed by atoms with Gasteiger partial charge in [-0.15, -0.1) is 0 Å². The highest BCUT2D eigenvalue weighted by Gasteiger charge is 2.33. The fourth-order valence-corrected chi connectivity index (χ4v) is 3.18. The second kappa shape index (κ2) is 4.05. The van der Waals surface area contributed by atoms with E-state index in [0.29, 0.717) is 11.0 Å². The van der Waals surface area contributed by atoms with E-state index in [4.69, 9.17) is 0 Å². The number of rotatable bonds is 0. The van der Waals surface area contributed by atoms with Crippen LogP contribution in [0.25, 0.3) is 0 Å². The molecule has 0 aromatic carbocycles. The van der Waals surface area contributed by atoms with Crippen molar-refractivity contribution in [1.82, 2.24) is 4.90 Å². The lowest BCUT2D eigenvalue weighted by Crippen LogP contribution is -2.51. The Kier molecular flexibility index (Phi) is 3.58. The maximum atomic E-state index is 2.62. The standard InChI is InChI=1S/C12H25NS/c1-11(2,3)10-9-13(7-8-14-10)12(4,5)6/h10H,7-9H2,1-6H3. The smallest absolute Gasteiger partial charge is 0.0224 e. The van der Waals surface area contributed by atoms with E-state index >= 15 is 0 Å². The number of hydrogen-bond donors (Lipinski definition) is 0. The minimum atomic E-state index is 0.338. The molecule has 1 saturated heterocycles. The molecule has 14 heavy (non-hydrogen) atoms. The van der Waals surface area contributed by atoms with Crippen LogP contribution in [0.3, 0.4) is 0 Å². The average molecular weight is 215 g/mol. The van der Waals surface area contributed by atoms with E-state index in [1.165, 1.54) is 18.8 Å². The van der Waals surface area contributed by atoms with Crippen molar-refractivity contribution in [3.63, 3.8) is 0 Å². The summed E-state index contributed by atoms with van der Waals surface area (Å²) in [7, 11) is 0. The number of nitrogens with zero attached hydrogens (tertiary/aromatic N) is 1. The Morgan fingerprint density at radius 1 is 1.07 bits per heavy atom. The molecule has 0 spiro atoms. The minimum absolute atomic E-state index is 0.338. The first-order valence-electron chi connectivity index (χ1n) is 5.58. The molecule has 0 bridgehead atoms. The summed E-state index contributed by atoms with van der Waals surface area (Å²) in [5.74, 6) is 1.29. The van der Waals surface area contributed by atoms with Crippen LogP contribution < -0.4 is 0 Å². The van der Waals surface area contributed by atoms with Gasteiger partial charge in [-0.1, -0.05) is 20.8 Å². The van der Waals surface area contributed by atoms with Gasteiger partial charge < -0.3 is 0 Å². The van der Waals surface area contributed by atoms with Gasteiger partial charge in [0.1, 0.15) is 0 Å². The highest BCUT2D eigenvalue weighted by molar-refractivity contribution is 8.00. The Balaban J connectivity index is 2.61. The van der Waals surface area contributed by atoms with E-state index in [9.17, 15) is 0 Å². The van der Waals surface area contributed by atoms with Crippen molar-refractivity contribution >= 4 is 11.8 Å². The summed E-state index contributed by atoms with van der Waals surface area (Å²) in [6.45, 7) is 16.5. The molecular formula is C12H25NS. The largest absolute Gasteiger partial charge is 0.297 e. The SMILES string of the molecule is CC(C)(C)C1CN(C(C)(C)C)CCS1. The van der Waals surface area contributed by atoms with Gasteiger partial charge in [0.05, 0.1) is 0 Å². The predicted molar refractivity (Wildman–Crippen MR) is 67.0 cm³/mol. The van der Waals surface area contributed by atoms with E-state index in [0.717, 1.165) is 5.25 Å². The molecule has 1 heterocycles. The molecule has 1 aliphatic heterocycles. The topological polar surface area (TPSA) is 3.24 Å². The third-order valence-electron chi connectivity index (χ3n) is 2.98. The fourth-order valence-electron chi connectivity index (χ4n) is 1.78. The van der Waals surface area contributed by atoms with Gasteiger partial charge in [0.25, 0.3) is 0 Å². The van der Waals surface area contributed by atoms with Gasteiger partial charge >= 0.3 is 0 Å². The van der Waals surface area contributed by atoms with E-state index in [2.05, 4.69) is 58.2 Å². The zero-order chi connectivity index (χ0) is 11.0. The minimum Gasteiger partial charge on any atom is -0.297 e. The first kappa shape index (κ1) is 12.4. The van der Waals surface area contributed by atoms with Crippen molar-refractivity contribution in [3.05, 3.63) is 0 Å². The van der Waals surface area contributed by atoms with Crippen LogP contribution in [0.1, 0.15) is 41.5 Å². The van der Waals surface area contributed by atoms with E-state index < -0.39 is 0 Å². The monoisotopic (exact) mass is 215 g/mol. The van der Waals surface area contributed by atoms with Gasteiger partial charge in [0, 0.05) is 29.6 Å². The molecule has 0 aromatic heterocycles. The summed E-state index contributed by atoms with van der Waals surface area (Å²) in [6.07, 6.45) is 0. The molecule has 0 N–H and O–H groups in total. The van der Waals surface area contributed by atoms with Gasteiger partial charge in [-0.2, -0.15) is 11.8 Å². The normalized spacial score (nSPS) is 26.6. The molecule has 0 amide bonds. The maximum absolute atomic E-state index is 2.62. The lowest BCUT2D eigenvalue weighted by atomic mass is 9.90. The molecule has 1 aliphatic rings. The van der Waals surface area contributed by atoms with E-state index in [1.54, 1.807) is 0 Å². The van der Waals surface area contributed by atoms with Crippen molar-refractivity contribution in [3.8, 4) is 0 Å². The third kappa shape index (κ3) is 3.16. The Morgan fingerprint density at radius 3 is 2.07 bits per heavy atom. The molecule has 1 atom stereocenters. The second-order valence-electron chi connectivity index (χ2n) is 6.34. The zero-order valence-corrected chi connectivity index (χ0v) is 11.4. The quantitative estimate of drug-likeness (QED) is 0.610. The van der Waals surface area contributed by atoms with Crippen molar-refractivity contribution in [2.24, 2.45) is 5.41 Å². The summed E-state index contributed by atoms with van der Waals surface area (Å²) in [4.78, 5) is 2.62. The summed E-state index contributed by atoms with van der Waals surface area (Å²) < 4.78 is 0. The van der Waals surface area contributed by atoms with Crippen molar-refractivity contribution in [2.75, 3.05) is 18.8 Å². The molecular weight excluding hydrogens is 190 g/mol. The van der Waals surface area contributed by atoms with Crippen LogP contribution in [0, 0.1) is 5.41 Å². The molecule has 2 heteroatoms. The Labute approximate surface area is 93.6 Å². The second-order valence-corrected chi connectivity index (χ2v) is 7.65. The number of thioether (sulfide) groups is 1. The molecule has 0 radical (unpaired) electrons. The predicted octanol–water partition coefficient (Wildman–Crippen LogP) is 3.25. The van der Waals surface area contributed by atoms with Crippen LogP contribution in [0.5, 0.6) is 0 Å². The first-order valence-corrected chi connectivity index (χ1v) is 6.63. The lowest BCUT2D eigenvalue weighted by Gasteiger charge is -2.45. The highest BCUT2D eigenvalue weighted by atomic mass is 32.2. The van der Waals surface area contributed by atoms with E-state index in [-0.39, 0.29) is 0 Å². The van der Waals surface area contributed by atoms with Crippen molar-refractivity contribution in [2.45, 2.75) is 52.3 Å². The Bertz CT molecular complexity index is 167. The van der Waals surface area contributed by atoms with Crippen molar-refractivity contribution < 1.29 is 0 Å². The molecule has 1 fully saturated rings. The molecule has 1 rings (SSSR count). The van der Waals surface area contributed by atoms with Gasteiger partial charge in [-0.3, -0.25) is 4.90 Å². The summed E-state index contributed by atoms with van der Waals surface area (Å²) in [5, 5.41) is 0.787. The molecule has 0 saturated carbocycles. The van der Waals surface area contributed by atoms with Gasteiger partial charge in [-0.25, -0.2) is 0 Å². The van der Waals surface area contributed by atoms with Crippen LogP contribution in [0.4, 0.5) is 0 Å². The van der Waals surface area contributed by atoms with Crippen LogP contribution in [0.15, 0.2) is 0 Å². The van der Waals surface area contributed by atoms with Gasteiger partial charge in [0.2, 0.25) is 0 Å². The Morgan fingerprint density at radius 2 is 1.64 bits per heavy atom. The molecule has 1 nitrogen and oxygen atoms in total. The summed E-state index contributed by atoms with van der Waals surface area (Å²) >= 11 is 2.15. The first-order chi connectivity index (χ1) is 6.21. The Hall–Kier alpha value is 0.310. The van der Waals surface area contributed by atoms with Gasteiger partial charge in [-0.05, 0) is 26.2 Å². The van der Waals surface area contributed by atoms with Crippen LogP contribution >= 0.6 is 11.8 Å². The third-order valence-corrected chi connectivity index (χ3v) is 4.66. The molecule has 0 aromatic rings. The molecule has 1 unspecified atom stereocenters. The maximum Gasteiger partial charge on any atom is 0.0224 e. The lowest BCUT2D eigenvalue weighted by molar-refractivity contribution is 0.125. The van der Waals surface area contributed by atoms with Gasteiger partial charge in [0.15, 0.2) is 0 Å².